The Bertz CT molecular complexity index is 519. The van der Waals surface area contributed by atoms with Crippen molar-refractivity contribution < 1.29 is 4.79 Å². The van der Waals surface area contributed by atoms with Gasteiger partial charge >= 0.3 is 0 Å². The first-order valence-electron chi connectivity index (χ1n) is 7.91. The van der Waals surface area contributed by atoms with Gasteiger partial charge in [0, 0.05) is 30.7 Å². The van der Waals surface area contributed by atoms with Crippen LogP contribution in [0.5, 0.6) is 0 Å². The second-order valence-corrected chi connectivity index (χ2v) is 6.73. The lowest BCUT2D eigenvalue weighted by molar-refractivity contribution is 0.0166. The highest BCUT2D eigenvalue weighted by Crippen LogP contribution is 2.24. The smallest absolute Gasteiger partial charge is 0.178 e. The molecular weight excluding hydrogens is 284 g/mol. The van der Waals surface area contributed by atoms with E-state index in [1.807, 2.05) is 18.2 Å². The summed E-state index contributed by atoms with van der Waals surface area (Å²) < 4.78 is 0. The number of carbonyl (C=O) groups is 1. The normalized spacial score (nSPS) is 27.3. The largest absolute Gasteiger partial charge is 0.298 e. The first-order valence-corrected chi connectivity index (χ1v) is 8.29. The minimum absolute atomic E-state index is 0.136. The molecule has 2 unspecified atom stereocenters. The molecule has 0 N–H and O–H groups in total. The summed E-state index contributed by atoms with van der Waals surface area (Å²) in [6, 6.07) is 8.42. The Labute approximate surface area is 131 Å². The number of rotatable bonds is 3. The van der Waals surface area contributed by atoms with Crippen molar-refractivity contribution in [2.75, 3.05) is 26.2 Å². The zero-order valence-electron chi connectivity index (χ0n) is 12.6. The number of piperazine rings is 1. The Morgan fingerprint density at radius 2 is 2.10 bits per heavy atom. The van der Waals surface area contributed by atoms with Crippen molar-refractivity contribution in [2.45, 2.75) is 38.3 Å². The first-order chi connectivity index (χ1) is 10.1. The maximum atomic E-state index is 12.5. The zero-order chi connectivity index (χ0) is 14.8. The van der Waals surface area contributed by atoms with Crippen molar-refractivity contribution in [3.8, 4) is 0 Å². The third-order valence-corrected chi connectivity index (χ3v) is 5.17. The minimum atomic E-state index is 0.136. The maximum Gasteiger partial charge on any atom is 0.178 e. The molecule has 3 nitrogen and oxygen atoms in total. The molecule has 0 aliphatic carbocycles. The Hall–Kier alpha value is -0.900. The van der Waals surface area contributed by atoms with Gasteiger partial charge in [-0.05, 0) is 38.4 Å². The highest BCUT2D eigenvalue weighted by Gasteiger charge is 2.33. The second-order valence-electron chi connectivity index (χ2n) is 6.33. The predicted molar refractivity (Wildman–Crippen MR) is 86.0 cm³/mol. The molecule has 2 aliphatic rings. The average Bonchev–Trinajstić information content (AvgIpc) is 2.48. The van der Waals surface area contributed by atoms with E-state index in [4.69, 9.17) is 11.6 Å². The van der Waals surface area contributed by atoms with E-state index in [0.29, 0.717) is 29.2 Å². The number of hydrogen-bond donors (Lipinski definition) is 0. The Balaban J connectivity index is 1.67. The van der Waals surface area contributed by atoms with Crippen molar-refractivity contribution in [2.24, 2.45) is 0 Å². The van der Waals surface area contributed by atoms with Crippen LogP contribution in [0.25, 0.3) is 0 Å². The van der Waals surface area contributed by atoms with Crippen molar-refractivity contribution >= 4 is 17.4 Å². The number of piperidine rings is 1. The lowest BCUT2D eigenvalue weighted by Crippen LogP contribution is -2.59. The topological polar surface area (TPSA) is 23.6 Å². The molecule has 0 saturated carbocycles. The van der Waals surface area contributed by atoms with Crippen LogP contribution in [-0.2, 0) is 0 Å². The standard InChI is InChI=1S/C17H23ClN2O/c1-13-10-19-9-5-4-6-14(19)11-20(13)12-17(21)15-7-2-3-8-16(15)18/h2-3,7-8,13-14H,4-6,9-12H2,1H3. The van der Waals surface area contributed by atoms with Crippen LogP contribution in [0, 0.1) is 0 Å². The van der Waals surface area contributed by atoms with Crippen LogP contribution in [0.4, 0.5) is 0 Å². The van der Waals surface area contributed by atoms with Gasteiger partial charge in [-0.1, -0.05) is 30.2 Å². The Kier molecular flexibility index (Phi) is 4.63. The molecule has 0 radical (unpaired) electrons. The van der Waals surface area contributed by atoms with E-state index in [2.05, 4.69) is 16.7 Å². The van der Waals surface area contributed by atoms with Crippen LogP contribution in [0.15, 0.2) is 24.3 Å². The van der Waals surface area contributed by atoms with E-state index in [0.717, 1.165) is 13.1 Å². The average molecular weight is 307 g/mol. The number of benzene rings is 1. The van der Waals surface area contributed by atoms with E-state index >= 15 is 0 Å². The molecule has 2 heterocycles. The van der Waals surface area contributed by atoms with Crippen LogP contribution in [0.3, 0.4) is 0 Å². The van der Waals surface area contributed by atoms with Crippen LogP contribution < -0.4 is 0 Å². The van der Waals surface area contributed by atoms with Gasteiger partial charge in [-0.25, -0.2) is 0 Å². The Morgan fingerprint density at radius 1 is 1.29 bits per heavy atom. The quantitative estimate of drug-likeness (QED) is 0.802. The van der Waals surface area contributed by atoms with E-state index < -0.39 is 0 Å². The number of halogens is 1. The lowest BCUT2D eigenvalue weighted by atomic mass is 9.96. The van der Waals surface area contributed by atoms with Crippen molar-refractivity contribution in [3.05, 3.63) is 34.9 Å². The summed E-state index contributed by atoms with van der Waals surface area (Å²) in [5, 5.41) is 0.562. The van der Waals surface area contributed by atoms with Crippen LogP contribution in [-0.4, -0.2) is 53.8 Å². The number of Topliss-reactive ketones (excluding diaryl/α,β-unsaturated/α-hetero) is 1. The summed E-state index contributed by atoms with van der Waals surface area (Å²) in [6.07, 6.45) is 3.91. The maximum absolute atomic E-state index is 12.5. The summed E-state index contributed by atoms with van der Waals surface area (Å²) in [7, 11) is 0. The summed E-state index contributed by atoms with van der Waals surface area (Å²) >= 11 is 6.14. The number of nitrogens with zero attached hydrogens (tertiary/aromatic N) is 2. The fraction of sp³-hybridized carbons (Fsp3) is 0.588. The highest BCUT2D eigenvalue weighted by molar-refractivity contribution is 6.34. The molecule has 2 atom stereocenters. The van der Waals surface area contributed by atoms with Crippen molar-refractivity contribution in [3.63, 3.8) is 0 Å². The summed E-state index contributed by atoms with van der Waals surface area (Å²) in [6.45, 7) is 6.03. The van der Waals surface area contributed by atoms with Crippen LogP contribution >= 0.6 is 11.6 Å². The highest BCUT2D eigenvalue weighted by atomic mass is 35.5. The third-order valence-electron chi connectivity index (χ3n) is 4.84. The zero-order valence-corrected chi connectivity index (χ0v) is 13.4. The molecule has 2 saturated heterocycles. The first kappa shape index (κ1) is 15.0. The fourth-order valence-corrected chi connectivity index (χ4v) is 3.83. The molecule has 2 fully saturated rings. The van der Waals surface area contributed by atoms with Gasteiger partial charge in [-0.3, -0.25) is 14.6 Å². The van der Waals surface area contributed by atoms with Crippen LogP contribution in [0.1, 0.15) is 36.5 Å². The van der Waals surface area contributed by atoms with E-state index in [9.17, 15) is 4.79 Å². The molecule has 1 aromatic rings. The molecule has 21 heavy (non-hydrogen) atoms. The summed E-state index contributed by atoms with van der Waals surface area (Å²) in [5.74, 6) is 0.136. The molecular formula is C17H23ClN2O. The fourth-order valence-electron chi connectivity index (χ4n) is 3.59. The number of hydrogen-bond acceptors (Lipinski definition) is 3. The number of ketones is 1. The number of carbonyl (C=O) groups excluding carboxylic acids is 1. The third kappa shape index (κ3) is 3.31. The summed E-state index contributed by atoms with van der Waals surface area (Å²) in [4.78, 5) is 17.4. The molecule has 0 spiro atoms. The SMILES string of the molecule is CC1CN2CCCCC2CN1CC(=O)c1ccccc1Cl. The van der Waals surface area contributed by atoms with Gasteiger partial charge in [0.05, 0.1) is 11.6 Å². The van der Waals surface area contributed by atoms with Gasteiger partial charge in [0.2, 0.25) is 0 Å². The minimum Gasteiger partial charge on any atom is -0.298 e. The van der Waals surface area contributed by atoms with Crippen molar-refractivity contribution in [1.29, 1.82) is 0 Å². The van der Waals surface area contributed by atoms with Gasteiger partial charge < -0.3 is 0 Å². The van der Waals surface area contributed by atoms with E-state index in [-0.39, 0.29) is 5.78 Å². The molecule has 3 rings (SSSR count). The number of fused-ring (bicyclic) bond motifs is 1. The van der Waals surface area contributed by atoms with Gasteiger partial charge in [-0.15, -0.1) is 0 Å². The molecule has 2 aliphatic heterocycles. The van der Waals surface area contributed by atoms with Crippen LogP contribution in [0.2, 0.25) is 5.02 Å². The molecule has 4 heteroatoms. The molecule has 1 aromatic carbocycles. The van der Waals surface area contributed by atoms with Gasteiger partial charge in [0.15, 0.2) is 5.78 Å². The second kappa shape index (κ2) is 6.47. The van der Waals surface area contributed by atoms with E-state index in [1.165, 1.54) is 25.8 Å². The molecule has 0 amide bonds. The van der Waals surface area contributed by atoms with E-state index in [1.54, 1.807) is 6.07 Å². The molecule has 0 bridgehead atoms. The Morgan fingerprint density at radius 3 is 2.90 bits per heavy atom. The monoisotopic (exact) mass is 306 g/mol. The van der Waals surface area contributed by atoms with Gasteiger partial charge in [0.1, 0.15) is 0 Å². The predicted octanol–water partition coefficient (Wildman–Crippen LogP) is 3.08. The summed E-state index contributed by atoms with van der Waals surface area (Å²) in [5.41, 5.74) is 0.650. The molecule has 0 aromatic heterocycles. The van der Waals surface area contributed by atoms with Gasteiger partial charge in [0.25, 0.3) is 0 Å². The lowest BCUT2D eigenvalue weighted by Gasteiger charge is -2.47. The van der Waals surface area contributed by atoms with Gasteiger partial charge in [-0.2, -0.15) is 0 Å². The van der Waals surface area contributed by atoms with Crippen molar-refractivity contribution in [1.82, 2.24) is 9.80 Å². The molecule has 114 valence electrons.